The van der Waals surface area contributed by atoms with E-state index in [-0.39, 0.29) is 23.9 Å². The SMILES string of the molecule is CC(C)c1cc(-c2ccccc2C(=O)N(C(C)C)C(C)C)c2nncn2n1. The summed E-state index contributed by atoms with van der Waals surface area (Å²) in [5.74, 6) is 0.275. The van der Waals surface area contributed by atoms with Crippen LogP contribution in [0, 0.1) is 0 Å². The van der Waals surface area contributed by atoms with Gasteiger partial charge in [0.05, 0.1) is 5.69 Å². The van der Waals surface area contributed by atoms with Crippen LogP contribution in [0.1, 0.15) is 63.5 Å². The van der Waals surface area contributed by atoms with Crippen LogP contribution in [-0.4, -0.2) is 42.7 Å². The Morgan fingerprint density at radius 3 is 2.30 bits per heavy atom. The van der Waals surface area contributed by atoms with Crippen LogP contribution in [0.2, 0.25) is 0 Å². The second kappa shape index (κ2) is 7.47. The Bertz CT molecular complexity index is 950. The predicted octanol–water partition coefficient (Wildman–Crippen LogP) is 4.17. The van der Waals surface area contributed by atoms with E-state index in [4.69, 9.17) is 0 Å². The van der Waals surface area contributed by atoms with Gasteiger partial charge in [0.15, 0.2) is 5.65 Å². The minimum atomic E-state index is 0.0242. The summed E-state index contributed by atoms with van der Waals surface area (Å²) >= 11 is 0. The summed E-state index contributed by atoms with van der Waals surface area (Å²) in [4.78, 5) is 15.3. The van der Waals surface area contributed by atoms with Crippen molar-refractivity contribution in [3.05, 3.63) is 47.9 Å². The summed E-state index contributed by atoms with van der Waals surface area (Å²) in [6, 6.07) is 9.96. The van der Waals surface area contributed by atoms with E-state index in [2.05, 4.69) is 29.1 Å². The van der Waals surface area contributed by atoms with Gasteiger partial charge in [-0.1, -0.05) is 32.0 Å². The second-order valence-corrected chi connectivity index (χ2v) is 7.68. The van der Waals surface area contributed by atoms with Crippen molar-refractivity contribution in [3.63, 3.8) is 0 Å². The monoisotopic (exact) mass is 365 g/mol. The fraction of sp³-hybridized carbons (Fsp3) is 0.429. The molecule has 3 aromatic rings. The molecular weight excluding hydrogens is 338 g/mol. The maximum atomic E-state index is 13.4. The quantitative estimate of drug-likeness (QED) is 0.681. The van der Waals surface area contributed by atoms with E-state index in [9.17, 15) is 4.79 Å². The molecule has 0 radical (unpaired) electrons. The average molecular weight is 365 g/mol. The summed E-state index contributed by atoms with van der Waals surface area (Å²) in [7, 11) is 0. The largest absolute Gasteiger partial charge is 0.334 e. The zero-order chi connectivity index (χ0) is 19.7. The van der Waals surface area contributed by atoms with Crippen molar-refractivity contribution >= 4 is 11.6 Å². The molecule has 6 heteroatoms. The predicted molar refractivity (Wildman–Crippen MR) is 107 cm³/mol. The van der Waals surface area contributed by atoms with Gasteiger partial charge in [0.25, 0.3) is 5.91 Å². The first-order valence-corrected chi connectivity index (χ1v) is 9.44. The number of hydrogen-bond donors (Lipinski definition) is 0. The number of rotatable bonds is 5. The molecule has 3 rings (SSSR count). The third kappa shape index (κ3) is 3.56. The normalized spacial score (nSPS) is 11.7. The van der Waals surface area contributed by atoms with Crippen LogP contribution in [0.3, 0.4) is 0 Å². The number of carbonyl (C=O) groups excluding carboxylic acids is 1. The maximum Gasteiger partial charge on any atom is 0.254 e. The lowest BCUT2D eigenvalue weighted by Crippen LogP contribution is -2.42. The van der Waals surface area contributed by atoms with Crippen molar-refractivity contribution < 1.29 is 4.79 Å². The van der Waals surface area contributed by atoms with Crippen LogP contribution in [0.25, 0.3) is 16.8 Å². The zero-order valence-corrected chi connectivity index (χ0v) is 16.8. The Kier molecular flexibility index (Phi) is 5.26. The van der Waals surface area contributed by atoms with E-state index in [1.807, 2.05) is 62.9 Å². The Morgan fingerprint density at radius 2 is 1.67 bits per heavy atom. The van der Waals surface area contributed by atoms with Gasteiger partial charge in [0.2, 0.25) is 0 Å². The standard InChI is InChI=1S/C21H27N5O/c1-13(2)19-11-18(20-23-22-12-25(20)24-19)16-9-7-8-10-17(16)21(27)26(14(3)4)15(5)6/h7-15H,1-6H3. The van der Waals surface area contributed by atoms with E-state index in [1.54, 1.807) is 10.8 Å². The van der Waals surface area contributed by atoms with Gasteiger partial charge in [-0.2, -0.15) is 9.61 Å². The van der Waals surface area contributed by atoms with Gasteiger partial charge in [-0.05, 0) is 51.3 Å². The third-order valence-corrected chi connectivity index (χ3v) is 4.67. The molecule has 0 saturated heterocycles. The lowest BCUT2D eigenvalue weighted by atomic mass is 9.97. The fourth-order valence-corrected chi connectivity index (χ4v) is 3.44. The first-order chi connectivity index (χ1) is 12.8. The Balaban J connectivity index is 2.22. The lowest BCUT2D eigenvalue weighted by Gasteiger charge is -2.31. The van der Waals surface area contributed by atoms with Crippen molar-refractivity contribution in [1.82, 2.24) is 24.7 Å². The molecule has 0 spiro atoms. The molecule has 0 atom stereocenters. The van der Waals surface area contributed by atoms with Crippen molar-refractivity contribution in [2.24, 2.45) is 0 Å². The molecule has 2 heterocycles. The summed E-state index contributed by atoms with van der Waals surface area (Å²) in [5, 5.41) is 12.8. The number of hydrogen-bond acceptors (Lipinski definition) is 4. The number of nitrogens with zero attached hydrogens (tertiary/aromatic N) is 5. The summed E-state index contributed by atoms with van der Waals surface area (Å²) in [6.45, 7) is 12.4. The second-order valence-electron chi connectivity index (χ2n) is 7.68. The minimum Gasteiger partial charge on any atom is -0.334 e. The van der Waals surface area contributed by atoms with Crippen LogP contribution in [0.15, 0.2) is 36.7 Å². The molecule has 0 N–H and O–H groups in total. The van der Waals surface area contributed by atoms with Gasteiger partial charge in [-0.25, -0.2) is 0 Å². The van der Waals surface area contributed by atoms with Gasteiger partial charge in [-0.15, -0.1) is 10.2 Å². The van der Waals surface area contributed by atoms with Crippen LogP contribution >= 0.6 is 0 Å². The van der Waals surface area contributed by atoms with Crippen molar-refractivity contribution in [3.8, 4) is 11.1 Å². The van der Waals surface area contributed by atoms with E-state index in [0.717, 1.165) is 16.8 Å². The zero-order valence-electron chi connectivity index (χ0n) is 16.8. The van der Waals surface area contributed by atoms with Crippen LogP contribution in [0.5, 0.6) is 0 Å². The summed E-state index contributed by atoms with van der Waals surface area (Å²) in [6.07, 6.45) is 1.60. The highest BCUT2D eigenvalue weighted by Crippen LogP contribution is 2.30. The molecule has 0 fully saturated rings. The molecule has 0 saturated carbocycles. The molecule has 1 amide bonds. The molecule has 2 aromatic heterocycles. The summed E-state index contributed by atoms with van der Waals surface area (Å²) in [5.41, 5.74) is 3.99. The Labute approximate surface area is 160 Å². The number of aromatic nitrogens is 4. The first-order valence-electron chi connectivity index (χ1n) is 9.44. The highest BCUT2D eigenvalue weighted by atomic mass is 16.2. The van der Waals surface area contributed by atoms with Gasteiger partial charge >= 0.3 is 0 Å². The highest BCUT2D eigenvalue weighted by Gasteiger charge is 2.25. The smallest absolute Gasteiger partial charge is 0.254 e. The van der Waals surface area contributed by atoms with Crippen LogP contribution in [0.4, 0.5) is 0 Å². The highest BCUT2D eigenvalue weighted by molar-refractivity contribution is 6.02. The third-order valence-electron chi connectivity index (χ3n) is 4.67. The van der Waals surface area contributed by atoms with Crippen LogP contribution < -0.4 is 0 Å². The van der Waals surface area contributed by atoms with Crippen LogP contribution in [-0.2, 0) is 0 Å². The van der Waals surface area contributed by atoms with E-state index < -0.39 is 0 Å². The van der Waals surface area contributed by atoms with Gasteiger partial charge in [0.1, 0.15) is 6.33 Å². The number of carbonyl (C=O) groups is 1. The minimum absolute atomic E-state index is 0.0242. The van der Waals surface area contributed by atoms with E-state index >= 15 is 0 Å². The van der Waals surface area contributed by atoms with Gasteiger partial charge < -0.3 is 4.90 Å². The van der Waals surface area contributed by atoms with E-state index in [0.29, 0.717) is 11.2 Å². The topological polar surface area (TPSA) is 63.4 Å². The molecule has 142 valence electrons. The Hall–Kier alpha value is -2.76. The molecule has 0 aliphatic heterocycles. The first kappa shape index (κ1) is 19.0. The van der Waals surface area contributed by atoms with Gasteiger partial charge in [-0.3, -0.25) is 4.79 Å². The fourth-order valence-electron chi connectivity index (χ4n) is 3.44. The average Bonchev–Trinajstić information content (AvgIpc) is 3.08. The molecule has 27 heavy (non-hydrogen) atoms. The van der Waals surface area contributed by atoms with Crippen molar-refractivity contribution in [2.75, 3.05) is 0 Å². The summed E-state index contributed by atoms with van der Waals surface area (Å²) < 4.78 is 1.69. The Morgan fingerprint density at radius 1 is 1.00 bits per heavy atom. The number of amides is 1. The number of benzene rings is 1. The molecular formula is C21H27N5O. The molecule has 0 unspecified atom stereocenters. The van der Waals surface area contributed by atoms with Crippen molar-refractivity contribution in [1.29, 1.82) is 0 Å². The molecule has 6 nitrogen and oxygen atoms in total. The molecule has 0 aliphatic rings. The van der Waals surface area contributed by atoms with E-state index in [1.165, 1.54) is 0 Å². The van der Waals surface area contributed by atoms with Crippen molar-refractivity contribution in [2.45, 2.75) is 59.5 Å². The molecule has 0 aliphatic carbocycles. The number of fused-ring (bicyclic) bond motifs is 1. The molecule has 1 aromatic carbocycles. The van der Waals surface area contributed by atoms with Gasteiger partial charge in [0, 0.05) is 23.2 Å². The molecule has 0 bridgehead atoms. The maximum absolute atomic E-state index is 13.4. The lowest BCUT2D eigenvalue weighted by molar-refractivity contribution is 0.0644.